The van der Waals surface area contributed by atoms with Crippen LogP contribution < -0.4 is 4.90 Å². The maximum Gasteiger partial charge on any atom is 0.147 e. The molecule has 0 N–H and O–H groups in total. The Hall–Kier alpha value is -0.800. The second kappa shape index (κ2) is 6.39. The van der Waals surface area contributed by atoms with Crippen LogP contribution in [0.3, 0.4) is 0 Å². The first-order chi connectivity index (χ1) is 8.68. The molecule has 0 radical (unpaired) electrons. The van der Waals surface area contributed by atoms with Gasteiger partial charge < -0.3 is 9.80 Å². The van der Waals surface area contributed by atoms with Crippen molar-refractivity contribution in [2.75, 3.05) is 32.1 Å². The first-order valence-corrected chi connectivity index (χ1v) is 7.08. The smallest absolute Gasteiger partial charge is 0.147 e. The summed E-state index contributed by atoms with van der Waals surface area (Å²) in [7, 11) is 4.28. The molecule has 1 aliphatic rings. The molecular formula is C14H22ClN3. The molecular weight excluding hydrogens is 246 g/mol. The van der Waals surface area contributed by atoms with Gasteiger partial charge in [0.2, 0.25) is 0 Å². The number of rotatable bonds is 5. The number of likely N-dealkylation sites (N-methyl/N-ethyl adjacent to an activating group) is 2. The van der Waals surface area contributed by atoms with Gasteiger partial charge >= 0.3 is 0 Å². The predicted molar refractivity (Wildman–Crippen MR) is 77.4 cm³/mol. The van der Waals surface area contributed by atoms with Crippen LogP contribution in [0.25, 0.3) is 0 Å². The summed E-state index contributed by atoms with van der Waals surface area (Å²) in [6.07, 6.45) is 7.27. The molecule has 1 aromatic heterocycles. The molecule has 1 fully saturated rings. The zero-order valence-corrected chi connectivity index (χ0v) is 12.0. The molecule has 0 aromatic carbocycles. The van der Waals surface area contributed by atoms with Crippen LogP contribution in [-0.4, -0.2) is 43.1 Å². The number of aromatic nitrogens is 1. The Balaban J connectivity index is 1.84. The summed E-state index contributed by atoms with van der Waals surface area (Å²) in [6.45, 7) is 2.03. The molecule has 0 aliphatic heterocycles. The standard InChI is InChI=1S/C14H22ClN3/c1-17(12-6-3-4-7-12)10-11-18(2)14-13(15)8-5-9-16-14/h5,8-9,12H,3-4,6-7,10-11H2,1-2H3. The lowest BCUT2D eigenvalue weighted by Crippen LogP contribution is -2.36. The summed E-state index contributed by atoms with van der Waals surface area (Å²) in [5.41, 5.74) is 0. The lowest BCUT2D eigenvalue weighted by atomic mass is 10.2. The minimum Gasteiger partial charge on any atom is -0.357 e. The van der Waals surface area contributed by atoms with E-state index < -0.39 is 0 Å². The van der Waals surface area contributed by atoms with Crippen LogP contribution in [0.2, 0.25) is 5.02 Å². The van der Waals surface area contributed by atoms with Crippen LogP contribution in [0, 0.1) is 0 Å². The van der Waals surface area contributed by atoms with E-state index in [0.717, 1.165) is 30.0 Å². The lowest BCUT2D eigenvalue weighted by Gasteiger charge is -2.27. The summed E-state index contributed by atoms with van der Waals surface area (Å²) < 4.78 is 0. The Labute approximate surface area is 115 Å². The number of hydrogen-bond donors (Lipinski definition) is 0. The third kappa shape index (κ3) is 3.36. The van der Waals surface area contributed by atoms with Crippen LogP contribution in [-0.2, 0) is 0 Å². The van der Waals surface area contributed by atoms with Crippen molar-refractivity contribution in [3.8, 4) is 0 Å². The van der Waals surface area contributed by atoms with Crippen LogP contribution in [0.1, 0.15) is 25.7 Å². The zero-order chi connectivity index (χ0) is 13.0. The van der Waals surface area contributed by atoms with Crippen molar-refractivity contribution in [3.63, 3.8) is 0 Å². The molecule has 100 valence electrons. The quantitative estimate of drug-likeness (QED) is 0.817. The Morgan fingerprint density at radius 2 is 2.00 bits per heavy atom. The van der Waals surface area contributed by atoms with Gasteiger partial charge in [0, 0.05) is 32.4 Å². The van der Waals surface area contributed by atoms with Crippen molar-refractivity contribution in [2.45, 2.75) is 31.7 Å². The van der Waals surface area contributed by atoms with E-state index in [4.69, 9.17) is 11.6 Å². The van der Waals surface area contributed by atoms with Crippen LogP contribution in [0.4, 0.5) is 5.82 Å². The molecule has 1 saturated carbocycles. The molecule has 0 bridgehead atoms. The Kier molecular flexibility index (Phi) is 4.84. The third-order valence-corrected chi connectivity index (χ3v) is 4.13. The molecule has 1 heterocycles. The van der Waals surface area contributed by atoms with Gasteiger partial charge in [-0.2, -0.15) is 0 Å². The molecule has 0 amide bonds. The zero-order valence-electron chi connectivity index (χ0n) is 11.3. The lowest BCUT2D eigenvalue weighted by molar-refractivity contribution is 0.251. The average molecular weight is 268 g/mol. The van der Waals surface area contributed by atoms with Gasteiger partial charge in [0.25, 0.3) is 0 Å². The number of hydrogen-bond acceptors (Lipinski definition) is 3. The van der Waals surface area contributed by atoms with Gasteiger partial charge in [0.15, 0.2) is 0 Å². The average Bonchev–Trinajstić information content (AvgIpc) is 2.90. The highest BCUT2D eigenvalue weighted by Crippen LogP contribution is 2.23. The molecule has 2 rings (SSSR count). The molecule has 1 aromatic rings. The van der Waals surface area contributed by atoms with Gasteiger partial charge in [-0.1, -0.05) is 24.4 Å². The van der Waals surface area contributed by atoms with E-state index in [1.807, 2.05) is 12.1 Å². The Morgan fingerprint density at radius 1 is 1.28 bits per heavy atom. The van der Waals surface area contributed by atoms with E-state index in [2.05, 4.69) is 28.9 Å². The van der Waals surface area contributed by atoms with Crippen molar-refractivity contribution in [2.24, 2.45) is 0 Å². The van der Waals surface area contributed by atoms with Crippen molar-refractivity contribution in [1.29, 1.82) is 0 Å². The number of anilines is 1. The molecule has 0 unspecified atom stereocenters. The number of halogens is 1. The predicted octanol–water partition coefficient (Wildman–Crippen LogP) is 3.05. The first kappa shape index (κ1) is 13.6. The van der Waals surface area contributed by atoms with Gasteiger partial charge in [-0.15, -0.1) is 0 Å². The highest BCUT2D eigenvalue weighted by Gasteiger charge is 2.19. The van der Waals surface area contributed by atoms with Crippen LogP contribution in [0.15, 0.2) is 18.3 Å². The molecule has 0 saturated heterocycles. The van der Waals surface area contributed by atoms with E-state index >= 15 is 0 Å². The Morgan fingerprint density at radius 3 is 2.67 bits per heavy atom. The van der Waals surface area contributed by atoms with Crippen LogP contribution >= 0.6 is 11.6 Å². The number of pyridine rings is 1. The van der Waals surface area contributed by atoms with E-state index in [9.17, 15) is 0 Å². The monoisotopic (exact) mass is 267 g/mol. The van der Waals surface area contributed by atoms with Gasteiger partial charge in [0.1, 0.15) is 5.82 Å². The third-order valence-electron chi connectivity index (χ3n) is 3.84. The van der Waals surface area contributed by atoms with E-state index in [-0.39, 0.29) is 0 Å². The maximum absolute atomic E-state index is 6.14. The van der Waals surface area contributed by atoms with E-state index in [0.29, 0.717) is 0 Å². The van der Waals surface area contributed by atoms with Crippen LogP contribution in [0.5, 0.6) is 0 Å². The summed E-state index contributed by atoms with van der Waals surface area (Å²) in [4.78, 5) is 8.93. The van der Waals surface area contributed by atoms with Crippen molar-refractivity contribution >= 4 is 17.4 Å². The topological polar surface area (TPSA) is 19.4 Å². The second-order valence-corrected chi connectivity index (χ2v) is 5.56. The van der Waals surface area contributed by atoms with Gasteiger partial charge in [0.05, 0.1) is 5.02 Å². The van der Waals surface area contributed by atoms with Crippen molar-refractivity contribution < 1.29 is 0 Å². The minimum atomic E-state index is 0.725. The largest absolute Gasteiger partial charge is 0.357 e. The van der Waals surface area contributed by atoms with Gasteiger partial charge in [-0.3, -0.25) is 0 Å². The first-order valence-electron chi connectivity index (χ1n) is 6.70. The highest BCUT2D eigenvalue weighted by atomic mass is 35.5. The van der Waals surface area contributed by atoms with E-state index in [1.54, 1.807) is 6.20 Å². The van der Waals surface area contributed by atoms with Gasteiger partial charge in [-0.25, -0.2) is 4.98 Å². The van der Waals surface area contributed by atoms with Crippen molar-refractivity contribution in [3.05, 3.63) is 23.4 Å². The fourth-order valence-electron chi connectivity index (χ4n) is 2.60. The van der Waals surface area contributed by atoms with Gasteiger partial charge in [-0.05, 0) is 32.0 Å². The molecule has 4 heteroatoms. The summed E-state index contributed by atoms with van der Waals surface area (Å²) in [5.74, 6) is 0.874. The highest BCUT2D eigenvalue weighted by molar-refractivity contribution is 6.32. The van der Waals surface area contributed by atoms with Crippen molar-refractivity contribution in [1.82, 2.24) is 9.88 Å². The minimum absolute atomic E-state index is 0.725. The molecule has 1 aliphatic carbocycles. The second-order valence-electron chi connectivity index (χ2n) is 5.15. The number of nitrogens with zero attached hydrogens (tertiary/aromatic N) is 3. The Bertz CT molecular complexity index is 377. The normalized spacial score (nSPS) is 16.4. The fourth-order valence-corrected chi connectivity index (χ4v) is 2.87. The molecule has 0 spiro atoms. The molecule has 18 heavy (non-hydrogen) atoms. The molecule has 0 atom stereocenters. The summed E-state index contributed by atoms with van der Waals surface area (Å²) in [6, 6.07) is 4.53. The maximum atomic E-state index is 6.14. The summed E-state index contributed by atoms with van der Waals surface area (Å²) in [5, 5.41) is 0.725. The summed E-state index contributed by atoms with van der Waals surface area (Å²) >= 11 is 6.14. The molecule has 3 nitrogen and oxygen atoms in total. The van der Waals surface area contributed by atoms with E-state index in [1.165, 1.54) is 25.7 Å². The SMILES string of the molecule is CN(CCN(C)C1CCCC1)c1ncccc1Cl. The fraction of sp³-hybridized carbons (Fsp3) is 0.643.